The standard InChI is InChI=1S/C23H36O5/c1-5-6-15-23(2,3)21(26)14-13-18-17(19(24)16-20(18)25)11-9-7-8-10-12-22(27)28-4/h20-21,25-26H,5-12,15-16H2,1-4H3. The van der Waals surface area contributed by atoms with E-state index in [-0.39, 0.29) is 23.6 Å². The molecule has 1 aliphatic rings. The molecular formula is C23H36O5. The lowest BCUT2D eigenvalue weighted by Gasteiger charge is -2.26. The summed E-state index contributed by atoms with van der Waals surface area (Å²) in [5, 5.41) is 20.6. The molecule has 0 radical (unpaired) electrons. The molecule has 0 aromatic rings. The van der Waals surface area contributed by atoms with Crippen LogP contribution in [0, 0.1) is 17.3 Å². The van der Waals surface area contributed by atoms with E-state index in [1.807, 2.05) is 13.8 Å². The molecule has 0 amide bonds. The average molecular weight is 393 g/mol. The topological polar surface area (TPSA) is 83.8 Å². The molecular weight excluding hydrogens is 356 g/mol. The third-order valence-corrected chi connectivity index (χ3v) is 5.42. The Kier molecular flexibility index (Phi) is 10.5. The zero-order valence-corrected chi connectivity index (χ0v) is 17.8. The van der Waals surface area contributed by atoms with Gasteiger partial charge in [-0.2, -0.15) is 0 Å². The summed E-state index contributed by atoms with van der Waals surface area (Å²) in [6, 6.07) is 0. The lowest BCUT2D eigenvalue weighted by molar-refractivity contribution is -0.140. The molecule has 1 rings (SSSR count). The van der Waals surface area contributed by atoms with E-state index in [2.05, 4.69) is 23.5 Å². The Labute approximate surface area is 169 Å². The van der Waals surface area contributed by atoms with Crippen LogP contribution in [0.2, 0.25) is 0 Å². The molecule has 0 bridgehead atoms. The first-order valence-electron chi connectivity index (χ1n) is 10.4. The zero-order valence-electron chi connectivity index (χ0n) is 17.8. The molecule has 158 valence electrons. The van der Waals surface area contributed by atoms with Gasteiger partial charge in [0.1, 0.15) is 6.10 Å². The van der Waals surface area contributed by atoms with Crippen molar-refractivity contribution >= 4 is 11.8 Å². The fourth-order valence-corrected chi connectivity index (χ4v) is 3.32. The Bertz CT molecular complexity index is 621. The molecule has 1 aliphatic carbocycles. The first-order valence-corrected chi connectivity index (χ1v) is 10.4. The normalized spacial score (nSPS) is 18.1. The molecule has 5 nitrogen and oxygen atoms in total. The van der Waals surface area contributed by atoms with E-state index < -0.39 is 12.2 Å². The fraction of sp³-hybridized carbons (Fsp3) is 0.739. The van der Waals surface area contributed by atoms with Crippen LogP contribution in [-0.4, -0.2) is 41.3 Å². The number of hydrogen-bond donors (Lipinski definition) is 2. The first-order chi connectivity index (χ1) is 13.2. The maximum atomic E-state index is 12.2. The van der Waals surface area contributed by atoms with Crippen LogP contribution >= 0.6 is 0 Å². The van der Waals surface area contributed by atoms with Gasteiger partial charge in [0, 0.05) is 29.4 Å². The zero-order chi connectivity index (χ0) is 21.2. The number of Topliss-reactive ketones (excluding diaryl/α,β-unsaturated/α-hetero) is 1. The highest BCUT2D eigenvalue weighted by molar-refractivity contribution is 6.00. The molecule has 28 heavy (non-hydrogen) atoms. The van der Waals surface area contributed by atoms with Crippen molar-refractivity contribution in [1.29, 1.82) is 0 Å². The molecule has 0 heterocycles. The van der Waals surface area contributed by atoms with Crippen LogP contribution in [-0.2, 0) is 14.3 Å². The van der Waals surface area contributed by atoms with Crippen molar-refractivity contribution in [3.05, 3.63) is 11.1 Å². The number of hydrogen-bond acceptors (Lipinski definition) is 5. The summed E-state index contributed by atoms with van der Waals surface area (Å²) in [5.74, 6) is 5.54. The Morgan fingerprint density at radius 2 is 1.93 bits per heavy atom. The van der Waals surface area contributed by atoms with Gasteiger partial charge in [-0.25, -0.2) is 0 Å². The fourth-order valence-electron chi connectivity index (χ4n) is 3.32. The Hall–Kier alpha value is -1.64. The van der Waals surface area contributed by atoms with Gasteiger partial charge in [-0.15, -0.1) is 0 Å². The number of carbonyl (C=O) groups excluding carboxylic acids is 2. The highest BCUT2D eigenvalue weighted by Gasteiger charge is 2.30. The Balaban J connectivity index is 2.67. The summed E-state index contributed by atoms with van der Waals surface area (Å²) in [6.45, 7) is 6.09. The molecule has 2 unspecified atom stereocenters. The van der Waals surface area contributed by atoms with Gasteiger partial charge in [0.05, 0.1) is 13.2 Å². The summed E-state index contributed by atoms with van der Waals surface area (Å²) in [5.41, 5.74) is 0.758. The van der Waals surface area contributed by atoms with Crippen LogP contribution < -0.4 is 0 Å². The van der Waals surface area contributed by atoms with Gasteiger partial charge < -0.3 is 14.9 Å². The van der Waals surface area contributed by atoms with Crippen molar-refractivity contribution in [2.24, 2.45) is 5.41 Å². The van der Waals surface area contributed by atoms with E-state index in [0.29, 0.717) is 24.0 Å². The number of ether oxygens (including phenoxy) is 1. The molecule has 2 atom stereocenters. The van der Waals surface area contributed by atoms with E-state index in [4.69, 9.17) is 0 Å². The number of esters is 1. The van der Waals surface area contributed by atoms with E-state index in [1.54, 1.807) is 0 Å². The highest BCUT2D eigenvalue weighted by Crippen LogP contribution is 2.29. The number of methoxy groups -OCH3 is 1. The van der Waals surface area contributed by atoms with Crippen LogP contribution in [0.25, 0.3) is 0 Å². The summed E-state index contributed by atoms with van der Waals surface area (Å²) in [6.07, 6.45) is 5.75. The Morgan fingerprint density at radius 1 is 1.25 bits per heavy atom. The predicted octanol–water partition coefficient (Wildman–Crippen LogP) is 3.71. The third kappa shape index (κ3) is 7.77. The monoisotopic (exact) mass is 392 g/mol. The second-order valence-corrected chi connectivity index (χ2v) is 8.29. The SMILES string of the molecule is CCCCC(C)(C)C(O)C#CC1=C(CCCCCCC(=O)OC)C(=O)CC1O. The van der Waals surface area contributed by atoms with Crippen molar-refractivity contribution < 1.29 is 24.5 Å². The number of unbranched alkanes of at least 4 members (excludes halogenated alkanes) is 4. The summed E-state index contributed by atoms with van der Waals surface area (Å²) >= 11 is 0. The van der Waals surface area contributed by atoms with E-state index in [0.717, 1.165) is 44.9 Å². The largest absolute Gasteiger partial charge is 0.469 e. The number of carbonyl (C=O) groups is 2. The Morgan fingerprint density at radius 3 is 2.57 bits per heavy atom. The third-order valence-electron chi connectivity index (χ3n) is 5.42. The lowest BCUT2D eigenvalue weighted by Crippen LogP contribution is -2.28. The average Bonchev–Trinajstić information content (AvgIpc) is 2.93. The quantitative estimate of drug-likeness (QED) is 0.318. The van der Waals surface area contributed by atoms with Crippen LogP contribution in [0.15, 0.2) is 11.1 Å². The molecule has 2 N–H and O–H groups in total. The number of rotatable bonds is 11. The second kappa shape index (κ2) is 12.0. The summed E-state index contributed by atoms with van der Waals surface area (Å²) < 4.78 is 4.62. The minimum absolute atomic E-state index is 0.0499. The smallest absolute Gasteiger partial charge is 0.305 e. The van der Waals surface area contributed by atoms with Crippen molar-refractivity contribution in [3.63, 3.8) is 0 Å². The van der Waals surface area contributed by atoms with E-state index in [9.17, 15) is 19.8 Å². The molecule has 0 fully saturated rings. The number of aliphatic hydroxyl groups is 2. The van der Waals surface area contributed by atoms with Crippen molar-refractivity contribution in [2.75, 3.05) is 7.11 Å². The van der Waals surface area contributed by atoms with Crippen LogP contribution in [0.4, 0.5) is 0 Å². The number of allylic oxidation sites excluding steroid dienone is 1. The van der Waals surface area contributed by atoms with Gasteiger partial charge >= 0.3 is 5.97 Å². The molecule has 0 aromatic carbocycles. The number of ketones is 1. The van der Waals surface area contributed by atoms with Crippen LogP contribution in [0.1, 0.15) is 85.0 Å². The van der Waals surface area contributed by atoms with Crippen LogP contribution in [0.5, 0.6) is 0 Å². The maximum absolute atomic E-state index is 12.2. The predicted molar refractivity (Wildman–Crippen MR) is 109 cm³/mol. The molecule has 5 heteroatoms. The molecule has 0 spiro atoms. The molecule has 0 saturated carbocycles. The minimum atomic E-state index is -0.861. The van der Waals surface area contributed by atoms with Gasteiger partial charge in [0.15, 0.2) is 5.78 Å². The second-order valence-electron chi connectivity index (χ2n) is 8.29. The van der Waals surface area contributed by atoms with E-state index >= 15 is 0 Å². The highest BCUT2D eigenvalue weighted by atomic mass is 16.5. The number of aliphatic hydroxyl groups excluding tert-OH is 2. The molecule has 0 aliphatic heterocycles. The van der Waals surface area contributed by atoms with Crippen molar-refractivity contribution in [1.82, 2.24) is 0 Å². The first kappa shape index (κ1) is 24.4. The molecule has 0 saturated heterocycles. The maximum Gasteiger partial charge on any atom is 0.305 e. The summed E-state index contributed by atoms with van der Waals surface area (Å²) in [4.78, 5) is 23.3. The minimum Gasteiger partial charge on any atom is -0.469 e. The van der Waals surface area contributed by atoms with E-state index in [1.165, 1.54) is 7.11 Å². The van der Waals surface area contributed by atoms with Crippen molar-refractivity contribution in [3.8, 4) is 11.8 Å². The lowest BCUT2D eigenvalue weighted by atomic mass is 9.81. The van der Waals surface area contributed by atoms with Gasteiger partial charge in [-0.05, 0) is 25.7 Å². The van der Waals surface area contributed by atoms with Gasteiger partial charge in [0.25, 0.3) is 0 Å². The van der Waals surface area contributed by atoms with Crippen molar-refractivity contribution in [2.45, 2.75) is 97.2 Å². The summed E-state index contributed by atoms with van der Waals surface area (Å²) in [7, 11) is 1.39. The van der Waals surface area contributed by atoms with Gasteiger partial charge in [0.2, 0.25) is 0 Å². The van der Waals surface area contributed by atoms with Crippen LogP contribution in [0.3, 0.4) is 0 Å². The molecule has 0 aromatic heterocycles. The van der Waals surface area contributed by atoms with Gasteiger partial charge in [-0.1, -0.05) is 58.3 Å². The van der Waals surface area contributed by atoms with Gasteiger partial charge in [-0.3, -0.25) is 9.59 Å².